The van der Waals surface area contributed by atoms with Crippen molar-refractivity contribution >= 4 is 11.8 Å². The number of aliphatic hydroxyl groups excluding tert-OH is 2. The van der Waals surface area contributed by atoms with Crippen LogP contribution >= 0.6 is 11.8 Å². The molecule has 2 atom stereocenters. The molecule has 0 aromatic rings. The standard InChI is InChI=1S/C32H66O2S/c1-3-5-7-9-11-13-15-17-19-21-23-25-31(27-29-33)35-32(28-30-34)26-24-22-20-18-16-14-12-10-8-6-4-2/h31-34H,3-30H2,1-2H3. The molecule has 0 amide bonds. The molecular weight excluding hydrogens is 448 g/mol. The molecule has 0 aliphatic carbocycles. The van der Waals surface area contributed by atoms with Gasteiger partial charge in [-0.3, -0.25) is 0 Å². The number of unbranched alkanes of at least 4 members (excludes halogenated alkanes) is 20. The van der Waals surface area contributed by atoms with Crippen molar-refractivity contribution in [3.05, 3.63) is 0 Å². The van der Waals surface area contributed by atoms with Crippen LogP contribution in [0.3, 0.4) is 0 Å². The average molecular weight is 515 g/mol. The van der Waals surface area contributed by atoms with Crippen LogP contribution in [-0.2, 0) is 0 Å². The fourth-order valence-electron chi connectivity index (χ4n) is 5.19. The minimum absolute atomic E-state index is 0.306. The molecule has 0 aliphatic heterocycles. The Balaban J connectivity index is 3.82. The molecule has 212 valence electrons. The second kappa shape index (κ2) is 30.5. The van der Waals surface area contributed by atoms with Crippen molar-refractivity contribution in [1.82, 2.24) is 0 Å². The van der Waals surface area contributed by atoms with Gasteiger partial charge in [0.25, 0.3) is 0 Å². The Kier molecular flexibility index (Phi) is 30.7. The molecule has 0 aromatic heterocycles. The van der Waals surface area contributed by atoms with E-state index >= 15 is 0 Å². The summed E-state index contributed by atoms with van der Waals surface area (Å²) >= 11 is 2.08. The van der Waals surface area contributed by atoms with Crippen LogP contribution in [0.5, 0.6) is 0 Å². The highest BCUT2D eigenvalue weighted by molar-refractivity contribution is 8.00. The molecule has 35 heavy (non-hydrogen) atoms. The van der Waals surface area contributed by atoms with E-state index in [2.05, 4.69) is 25.6 Å². The van der Waals surface area contributed by atoms with Crippen molar-refractivity contribution < 1.29 is 10.2 Å². The summed E-state index contributed by atoms with van der Waals surface area (Å²) in [5.74, 6) is 0. The second-order valence-electron chi connectivity index (χ2n) is 11.1. The summed E-state index contributed by atoms with van der Waals surface area (Å²) in [4.78, 5) is 0. The van der Waals surface area contributed by atoms with Crippen LogP contribution in [0.1, 0.15) is 181 Å². The smallest absolute Gasteiger partial charge is 0.0441 e. The highest BCUT2D eigenvalue weighted by Gasteiger charge is 2.16. The van der Waals surface area contributed by atoms with E-state index in [4.69, 9.17) is 0 Å². The van der Waals surface area contributed by atoms with Crippen molar-refractivity contribution in [3.8, 4) is 0 Å². The van der Waals surface area contributed by atoms with E-state index in [1.165, 1.54) is 154 Å². The predicted octanol–water partition coefficient (Wildman–Crippen LogP) is 10.6. The van der Waals surface area contributed by atoms with E-state index in [-0.39, 0.29) is 0 Å². The van der Waals surface area contributed by atoms with Crippen LogP contribution < -0.4 is 0 Å². The van der Waals surface area contributed by atoms with E-state index in [1.54, 1.807) is 0 Å². The third-order valence-corrected chi connectivity index (χ3v) is 9.26. The van der Waals surface area contributed by atoms with Crippen LogP contribution in [0.4, 0.5) is 0 Å². The van der Waals surface area contributed by atoms with Crippen molar-refractivity contribution in [2.45, 2.75) is 191 Å². The zero-order valence-electron chi connectivity index (χ0n) is 24.3. The van der Waals surface area contributed by atoms with Gasteiger partial charge in [-0.2, -0.15) is 11.8 Å². The zero-order chi connectivity index (χ0) is 25.7. The normalized spacial score (nSPS) is 13.4. The van der Waals surface area contributed by atoms with Gasteiger partial charge in [-0.1, -0.05) is 155 Å². The fourth-order valence-corrected chi connectivity index (χ4v) is 6.83. The third-order valence-electron chi connectivity index (χ3n) is 7.55. The average Bonchev–Trinajstić information content (AvgIpc) is 2.86. The van der Waals surface area contributed by atoms with Gasteiger partial charge in [0.05, 0.1) is 0 Å². The number of aliphatic hydroxyl groups is 2. The lowest BCUT2D eigenvalue weighted by Gasteiger charge is -2.23. The molecule has 2 unspecified atom stereocenters. The number of hydrogen-bond acceptors (Lipinski definition) is 3. The van der Waals surface area contributed by atoms with Gasteiger partial charge >= 0.3 is 0 Å². The number of thioether (sulfide) groups is 1. The maximum atomic E-state index is 9.57. The summed E-state index contributed by atoms with van der Waals surface area (Å²) in [6.45, 7) is 5.19. The van der Waals surface area contributed by atoms with Gasteiger partial charge in [0, 0.05) is 23.7 Å². The van der Waals surface area contributed by atoms with Gasteiger partial charge < -0.3 is 10.2 Å². The number of hydrogen-bond donors (Lipinski definition) is 2. The SMILES string of the molecule is CCCCCCCCCCCCCC(CCO)SC(CCO)CCCCCCCCCCCCC. The predicted molar refractivity (Wildman–Crippen MR) is 161 cm³/mol. The van der Waals surface area contributed by atoms with Gasteiger partial charge in [-0.05, 0) is 25.7 Å². The molecule has 0 heterocycles. The first kappa shape index (κ1) is 35.3. The first-order chi connectivity index (χ1) is 17.3. The molecule has 2 N–H and O–H groups in total. The molecule has 0 spiro atoms. The van der Waals surface area contributed by atoms with E-state index in [0.29, 0.717) is 23.7 Å². The maximum absolute atomic E-state index is 9.57. The number of rotatable bonds is 30. The Bertz CT molecular complexity index is 343. The van der Waals surface area contributed by atoms with Gasteiger partial charge in [0.1, 0.15) is 0 Å². The Hall–Kier alpha value is 0.270. The molecule has 0 aromatic carbocycles. The van der Waals surface area contributed by atoms with E-state index in [9.17, 15) is 10.2 Å². The minimum Gasteiger partial charge on any atom is -0.396 e. The zero-order valence-corrected chi connectivity index (χ0v) is 25.1. The Labute approximate surface area is 226 Å². The van der Waals surface area contributed by atoms with Crippen LogP contribution in [-0.4, -0.2) is 33.9 Å². The quantitative estimate of drug-likeness (QED) is 0.0936. The molecule has 2 nitrogen and oxygen atoms in total. The van der Waals surface area contributed by atoms with E-state index in [1.807, 2.05) is 0 Å². The first-order valence-electron chi connectivity index (χ1n) is 16.2. The van der Waals surface area contributed by atoms with E-state index < -0.39 is 0 Å². The summed E-state index contributed by atoms with van der Waals surface area (Å²) < 4.78 is 0. The van der Waals surface area contributed by atoms with Gasteiger partial charge in [0.2, 0.25) is 0 Å². The van der Waals surface area contributed by atoms with Crippen LogP contribution in [0, 0.1) is 0 Å². The maximum Gasteiger partial charge on any atom is 0.0441 e. The topological polar surface area (TPSA) is 40.5 Å². The van der Waals surface area contributed by atoms with Crippen LogP contribution in [0.2, 0.25) is 0 Å². The molecule has 0 bridgehead atoms. The summed E-state index contributed by atoms with van der Waals surface area (Å²) in [6, 6.07) is 0. The monoisotopic (exact) mass is 514 g/mol. The highest BCUT2D eigenvalue weighted by atomic mass is 32.2. The lowest BCUT2D eigenvalue weighted by molar-refractivity contribution is 0.281. The minimum atomic E-state index is 0.306. The Morgan fingerprint density at radius 3 is 0.886 bits per heavy atom. The summed E-state index contributed by atoms with van der Waals surface area (Å²) in [5.41, 5.74) is 0. The molecule has 0 saturated carbocycles. The Morgan fingerprint density at radius 2 is 0.629 bits per heavy atom. The summed E-state index contributed by atoms with van der Waals surface area (Å²) in [6.07, 6.45) is 34.9. The third kappa shape index (κ3) is 27.1. The lowest BCUT2D eigenvalue weighted by atomic mass is 10.0. The van der Waals surface area contributed by atoms with Crippen molar-refractivity contribution in [1.29, 1.82) is 0 Å². The van der Waals surface area contributed by atoms with Gasteiger partial charge in [-0.25, -0.2) is 0 Å². The van der Waals surface area contributed by atoms with Crippen LogP contribution in [0.25, 0.3) is 0 Å². The molecule has 0 fully saturated rings. The molecular formula is C32H66O2S. The first-order valence-corrected chi connectivity index (χ1v) is 17.1. The molecule has 0 saturated heterocycles. The summed E-state index contributed by atoms with van der Waals surface area (Å²) in [7, 11) is 0. The highest BCUT2D eigenvalue weighted by Crippen LogP contribution is 2.30. The molecule has 3 heteroatoms. The second-order valence-corrected chi connectivity index (χ2v) is 12.7. The largest absolute Gasteiger partial charge is 0.396 e. The van der Waals surface area contributed by atoms with Gasteiger partial charge in [-0.15, -0.1) is 0 Å². The van der Waals surface area contributed by atoms with Crippen molar-refractivity contribution in [3.63, 3.8) is 0 Å². The summed E-state index contributed by atoms with van der Waals surface area (Å²) in [5, 5.41) is 20.3. The van der Waals surface area contributed by atoms with Crippen molar-refractivity contribution in [2.24, 2.45) is 0 Å². The van der Waals surface area contributed by atoms with Crippen molar-refractivity contribution in [2.75, 3.05) is 13.2 Å². The molecule has 0 radical (unpaired) electrons. The molecule has 0 aliphatic rings. The Morgan fingerprint density at radius 1 is 0.371 bits per heavy atom. The van der Waals surface area contributed by atoms with Gasteiger partial charge in [0.15, 0.2) is 0 Å². The van der Waals surface area contributed by atoms with Crippen LogP contribution in [0.15, 0.2) is 0 Å². The fraction of sp³-hybridized carbons (Fsp3) is 1.00. The molecule has 0 rings (SSSR count). The van der Waals surface area contributed by atoms with E-state index in [0.717, 1.165) is 12.8 Å². The lowest BCUT2D eigenvalue weighted by Crippen LogP contribution is -2.14.